The largest absolute Gasteiger partial charge is 0.493 e. The van der Waals surface area contributed by atoms with Crippen LogP contribution in [0.1, 0.15) is 29.2 Å². The summed E-state index contributed by atoms with van der Waals surface area (Å²) in [4.78, 5) is 11.4. The van der Waals surface area contributed by atoms with Gasteiger partial charge in [0.1, 0.15) is 5.82 Å². The van der Waals surface area contributed by atoms with Crippen LogP contribution in [0.25, 0.3) is 0 Å². The molecule has 0 aromatic heterocycles. The number of nitrogens with zero attached hydrogens (tertiary/aromatic N) is 1. The minimum atomic E-state index is -5.08. The first-order valence-electron chi connectivity index (χ1n) is 9.64. The third-order valence-electron chi connectivity index (χ3n) is 5.39. The summed E-state index contributed by atoms with van der Waals surface area (Å²) < 4.78 is 96.2. The number of carbonyl (C=O) groups excluding carboxylic acids is 1. The molecular formula is C21H21F4NO6S. The second kappa shape index (κ2) is 9.18. The Labute approximate surface area is 187 Å². The van der Waals surface area contributed by atoms with Crippen LogP contribution in [0.15, 0.2) is 35.2 Å². The van der Waals surface area contributed by atoms with Crippen molar-refractivity contribution in [2.75, 3.05) is 27.9 Å². The summed E-state index contributed by atoms with van der Waals surface area (Å²) in [6.45, 7) is -0.134. The van der Waals surface area contributed by atoms with Crippen LogP contribution in [-0.2, 0) is 32.2 Å². The van der Waals surface area contributed by atoms with Gasteiger partial charge in [-0.1, -0.05) is 0 Å². The number of rotatable bonds is 6. The van der Waals surface area contributed by atoms with E-state index in [-0.39, 0.29) is 24.8 Å². The average Bonchev–Trinajstić information content (AvgIpc) is 2.77. The number of halogens is 4. The van der Waals surface area contributed by atoms with Crippen LogP contribution in [0.4, 0.5) is 17.6 Å². The maximum atomic E-state index is 13.7. The van der Waals surface area contributed by atoms with Gasteiger partial charge >= 0.3 is 12.1 Å². The lowest BCUT2D eigenvalue weighted by Gasteiger charge is -2.36. The normalized spacial score (nSPS) is 16.8. The molecule has 0 N–H and O–H groups in total. The number of esters is 1. The minimum Gasteiger partial charge on any atom is -0.493 e. The van der Waals surface area contributed by atoms with Gasteiger partial charge in [0.2, 0.25) is 10.0 Å². The molecule has 2 aromatic carbocycles. The second-order valence-corrected chi connectivity index (χ2v) is 9.10. The molecule has 12 heteroatoms. The number of alkyl halides is 3. The molecule has 3 rings (SSSR count). The Bertz CT molecular complexity index is 1170. The number of benzene rings is 2. The first-order chi connectivity index (χ1) is 15.4. The van der Waals surface area contributed by atoms with Crippen molar-refractivity contribution >= 4 is 16.0 Å². The van der Waals surface area contributed by atoms with E-state index in [2.05, 4.69) is 0 Å². The van der Waals surface area contributed by atoms with Gasteiger partial charge in [0.05, 0.1) is 44.3 Å². The zero-order valence-electron chi connectivity index (χ0n) is 17.9. The molecule has 0 saturated carbocycles. The molecule has 0 saturated heterocycles. The van der Waals surface area contributed by atoms with E-state index in [4.69, 9.17) is 14.2 Å². The fraction of sp³-hybridized carbons (Fsp3) is 0.381. The van der Waals surface area contributed by atoms with E-state index in [1.807, 2.05) is 0 Å². The summed E-state index contributed by atoms with van der Waals surface area (Å²) in [6, 6.07) is 3.56. The fourth-order valence-corrected chi connectivity index (χ4v) is 5.40. The van der Waals surface area contributed by atoms with E-state index in [0.29, 0.717) is 22.9 Å². The first kappa shape index (κ1) is 24.8. The smallest absolute Gasteiger partial charge is 0.419 e. The summed E-state index contributed by atoms with van der Waals surface area (Å²) in [5.41, 5.74) is -0.592. The standard InChI is InChI=1S/C21H21F4NO6S/c1-30-18-8-12-6-7-26(17(11-20(27)32-3)14(12)10-19(18)31-2)33(28,29)13-4-5-16(22)15(9-13)21(23,24)25/h4-5,8-10,17H,6-7,11H2,1-3H3. The fourth-order valence-electron chi connectivity index (χ4n) is 3.76. The number of hydrogen-bond acceptors (Lipinski definition) is 6. The summed E-state index contributed by atoms with van der Waals surface area (Å²) >= 11 is 0. The highest BCUT2D eigenvalue weighted by Crippen LogP contribution is 2.42. The maximum Gasteiger partial charge on any atom is 0.419 e. The Kier molecular flexibility index (Phi) is 6.89. The predicted octanol–water partition coefficient (Wildman–Crippen LogP) is 3.71. The quantitative estimate of drug-likeness (QED) is 0.453. The van der Waals surface area contributed by atoms with E-state index in [1.54, 1.807) is 6.07 Å². The van der Waals surface area contributed by atoms with Gasteiger partial charge in [-0.2, -0.15) is 17.5 Å². The van der Waals surface area contributed by atoms with E-state index >= 15 is 0 Å². The van der Waals surface area contributed by atoms with E-state index in [0.717, 1.165) is 17.5 Å². The van der Waals surface area contributed by atoms with Crippen LogP contribution in [0.2, 0.25) is 0 Å². The highest BCUT2D eigenvalue weighted by Gasteiger charge is 2.41. The van der Waals surface area contributed by atoms with E-state index in [1.165, 1.54) is 20.3 Å². The molecule has 1 heterocycles. The molecule has 0 amide bonds. The van der Waals surface area contributed by atoms with Crippen LogP contribution in [0, 0.1) is 5.82 Å². The average molecular weight is 491 g/mol. The topological polar surface area (TPSA) is 82.1 Å². The lowest BCUT2D eigenvalue weighted by atomic mass is 9.91. The van der Waals surface area contributed by atoms with Crippen molar-refractivity contribution < 1.29 is 45.0 Å². The minimum absolute atomic E-state index is 0.134. The lowest BCUT2D eigenvalue weighted by Crippen LogP contribution is -2.41. The van der Waals surface area contributed by atoms with Gasteiger partial charge in [-0.3, -0.25) is 4.79 Å². The molecular weight excluding hydrogens is 470 g/mol. The Morgan fingerprint density at radius 2 is 1.73 bits per heavy atom. The Balaban J connectivity index is 2.14. The molecule has 1 unspecified atom stereocenters. The number of fused-ring (bicyclic) bond motifs is 1. The third kappa shape index (κ3) is 4.76. The Hall–Kier alpha value is -2.86. The zero-order valence-corrected chi connectivity index (χ0v) is 18.7. The van der Waals surface area contributed by atoms with E-state index < -0.39 is 50.9 Å². The van der Waals surface area contributed by atoms with Crippen molar-refractivity contribution in [2.45, 2.75) is 30.0 Å². The van der Waals surface area contributed by atoms with Crippen molar-refractivity contribution in [1.29, 1.82) is 0 Å². The lowest BCUT2D eigenvalue weighted by molar-refractivity contribution is -0.142. The van der Waals surface area contributed by atoms with Crippen LogP contribution in [-0.4, -0.2) is 46.6 Å². The highest BCUT2D eigenvalue weighted by molar-refractivity contribution is 7.89. The van der Waals surface area contributed by atoms with Crippen molar-refractivity contribution in [1.82, 2.24) is 4.31 Å². The monoisotopic (exact) mass is 491 g/mol. The number of sulfonamides is 1. The maximum absolute atomic E-state index is 13.7. The zero-order chi connectivity index (χ0) is 24.6. The molecule has 0 radical (unpaired) electrons. The second-order valence-electron chi connectivity index (χ2n) is 7.21. The molecule has 1 aliphatic rings. The molecule has 1 aliphatic heterocycles. The molecule has 0 spiro atoms. The molecule has 1 atom stereocenters. The van der Waals surface area contributed by atoms with E-state index in [9.17, 15) is 30.8 Å². The summed E-state index contributed by atoms with van der Waals surface area (Å²) in [5, 5.41) is 0. The summed E-state index contributed by atoms with van der Waals surface area (Å²) in [5.74, 6) is -1.63. The Morgan fingerprint density at radius 3 is 2.30 bits per heavy atom. The third-order valence-corrected chi connectivity index (χ3v) is 7.30. The predicted molar refractivity (Wildman–Crippen MR) is 108 cm³/mol. The van der Waals surface area contributed by atoms with Crippen LogP contribution in [0.3, 0.4) is 0 Å². The van der Waals surface area contributed by atoms with Gasteiger partial charge in [-0.15, -0.1) is 0 Å². The van der Waals surface area contributed by atoms with Crippen LogP contribution in [0.5, 0.6) is 11.5 Å². The number of hydrogen-bond donors (Lipinski definition) is 0. The number of ether oxygens (including phenoxy) is 3. The SMILES string of the molecule is COC(=O)CC1c2cc(OC)c(OC)cc2CCN1S(=O)(=O)c1ccc(F)c(C(F)(F)F)c1. The molecule has 0 aliphatic carbocycles. The van der Waals surface area contributed by atoms with Crippen molar-refractivity contribution in [3.8, 4) is 11.5 Å². The van der Waals surface area contributed by atoms with Gasteiger partial charge in [0.25, 0.3) is 0 Å². The first-order valence-corrected chi connectivity index (χ1v) is 11.1. The van der Waals surface area contributed by atoms with Gasteiger partial charge in [-0.05, 0) is 47.9 Å². The van der Waals surface area contributed by atoms with Crippen molar-refractivity contribution in [2.24, 2.45) is 0 Å². The molecule has 7 nitrogen and oxygen atoms in total. The van der Waals surface area contributed by atoms with Crippen LogP contribution < -0.4 is 9.47 Å². The number of carbonyl (C=O) groups is 1. The molecule has 180 valence electrons. The van der Waals surface area contributed by atoms with Gasteiger partial charge in [0, 0.05) is 6.54 Å². The molecule has 2 aromatic rings. The van der Waals surface area contributed by atoms with Gasteiger partial charge < -0.3 is 14.2 Å². The van der Waals surface area contributed by atoms with Gasteiger partial charge in [-0.25, -0.2) is 12.8 Å². The summed E-state index contributed by atoms with van der Waals surface area (Å²) in [7, 11) is -0.606. The number of methoxy groups -OCH3 is 3. The molecule has 33 heavy (non-hydrogen) atoms. The molecule has 0 bridgehead atoms. The highest BCUT2D eigenvalue weighted by atomic mass is 32.2. The van der Waals surface area contributed by atoms with Gasteiger partial charge in [0.15, 0.2) is 11.5 Å². The Morgan fingerprint density at radius 1 is 1.09 bits per heavy atom. The molecule has 0 fully saturated rings. The van der Waals surface area contributed by atoms with Crippen molar-refractivity contribution in [3.05, 3.63) is 52.8 Å². The summed E-state index contributed by atoms with van der Waals surface area (Å²) in [6.07, 6.45) is -5.29. The van der Waals surface area contributed by atoms with Crippen molar-refractivity contribution in [3.63, 3.8) is 0 Å². The van der Waals surface area contributed by atoms with Crippen LogP contribution >= 0.6 is 0 Å².